The molecular weight excluding hydrogens is 362 g/mol. The number of aromatic nitrogens is 1. The van der Waals surface area contributed by atoms with E-state index >= 15 is 0 Å². The first-order valence-electron chi connectivity index (χ1n) is 9.88. The molecule has 2 saturated heterocycles. The highest BCUT2D eigenvalue weighted by atomic mass is 32.2. The predicted molar refractivity (Wildman–Crippen MR) is 105 cm³/mol. The van der Waals surface area contributed by atoms with Gasteiger partial charge in [-0.2, -0.15) is 4.31 Å². The number of rotatable bonds is 4. The van der Waals surface area contributed by atoms with Crippen molar-refractivity contribution in [3.05, 3.63) is 30.5 Å². The number of hydrogen-bond acceptors (Lipinski definition) is 3. The predicted octanol–water partition coefficient (Wildman–Crippen LogP) is 2.68. The summed E-state index contributed by atoms with van der Waals surface area (Å²) in [5.41, 5.74) is 1.04. The number of amides is 1. The van der Waals surface area contributed by atoms with Gasteiger partial charge < -0.3 is 9.47 Å². The SMILES string of the molecule is CCn1ccc2cc(S(=O)(=O)N3CCCC(C(=O)N4CCCC4)C3)ccc21. The van der Waals surface area contributed by atoms with E-state index in [2.05, 4.69) is 11.5 Å². The Balaban J connectivity index is 1.56. The molecule has 4 rings (SSSR count). The molecule has 1 amide bonds. The quantitative estimate of drug-likeness (QED) is 0.808. The average molecular weight is 390 g/mol. The molecule has 0 aliphatic carbocycles. The fraction of sp³-hybridized carbons (Fsp3) is 0.550. The van der Waals surface area contributed by atoms with Crippen LogP contribution in [0.25, 0.3) is 10.9 Å². The molecule has 0 saturated carbocycles. The van der Waals surface area contributed by atoms with Gasteiger partial charge in [-0.25, -0.2) is 8.42 Å². The third-order valence-electron chi connectivity index (χ3n) is 5.87. The third kappa shape index (κ3) is 3.38. The minimum Gasteiger partial charge on any atom is -0.348 e. The fourth-order valence-electron chi connectivity index (χ4n) is 4.32. The second kappa shape index (κ2) is 7.28. The normalized spacial score (nSPS) is 21.8. The molecule has 146 valence electrons. The molecule has 2 aliphatic rings. The molecule has 1 atom stereocenters. The molecule has 6 nitrogen and oxygen atoms in total. The molecule has 2 aromatic rings. The second-order valence-electron chi connectivity index (χ2n) is 7.56. The summed E-state index contributed by atoms with van der Waals surface area (Å²) in [5, 5.41) is 0.930. The van der Waals surface area contributed by atoms with Gasteiger partial charge in [-0.05, 0) is 56.9 Å². The van der Waals surface area contributed by atoms with E-state index in [1.807, 2.05) is 23.2 Å². The van der Waals surface area contributed by atoms with Crippen molar-refractivity contribution in [2.24, 2.45) is 5.92 Å². The minimum atomic E-state index is -3.59. The minimum absolute atomic E-state index is 0.128. The van der Waals surface area contributed by atoms with E-state index in [0.29, 0.717) is 18.0 Å². The molecule has 3 heterocycles. The molecule has 0 bridgehead atoms. The van der Waals surface area contributed by atoms with Crippen molar-refractivity contribution in [3.8, 4) is 0 Å². The molecule has 0 N–H and O–H groups in total. The van der Waals surface area contributed by atoms with Crippen molar-refractivity contribution in [1.82, 2.24) is 13.8 Å². The summed E-state index contributed by atoms with van der Waals surface area (Å²) < 4.78 is 30.0. The van der Waals surface area contributed by atoms with Crippen LogP contribution in [0.2, 0.25) is 0 Å². The summed E-state index contributed by atoms with van der Waals surface area (Å²) >= 11 is 0. The molecule has 2 aliphatic heterocycles. The Morgan fingerprint density at radius 2 is 1.89 bits per heavy atom. The zero-order chi connectivity index (χ0) is 19.0. The molecule has 7 heteroatoms. The summed E-state index contributed by atoms with van der Waals surface area (Å²) in [4.78, 5) is 14.9. The van der Waals surface area contributed by atoms with Gasteiger partial charge in [0, 0.05) is 49.8 Å². The third-order valence-corrected chi connectivity index (χ3v) is 7.73. The standard InChI is InChI=1S/C20H27N3O3S/c1-2-21-13-9-16-14-18(7-8-19(16)21)27(25,26)23-12-5-6-17(15-23)20(24)22-10-3-4-11-22/h7-9,13-14,17H,2-6,10-12,15H2,1H3. The van der Waals surface area contributed by atoms with Crippen molar-refractivity contribution in [3.63, 3.8) is 0 Å². The van der Waals surface area contributed by atoms with Gasteiger partial charge in [-0.15, -0.1) is 0 Å². The zero-order valence-electron chi connectivity index (χ0n) is 15.8. The lowest BCUT2D eigenvalue weighted by Crippen LogP contribution is -2.46. The van der Waals surface area contributed by atoms with Crippen LogP contribution in [0, 0.1) is 5.92 Å². The smallest absolute Gasteiger partial charge is 0.243 e. The molecule has 1 aromatic heterocycles. The topological polar surface area (TPSA) is 62.6 Å². The Bertz CT molecular complexity index is 945. The van der Waals surface area contributed by atoms with Gasteiger partial charge in [-0.1, -0.05) is 0 Å². The highest BCUT2D eigenvalue weighted by Gasteiger charge is 2.35. The van der Waals surface area contributed by atoms with Crippen molar-refractivity contribution < 1.29 is 13.2 Å². The second-order valence-corrected chi connectivity index (χ2v) is 9.49. The Kier molecular flexibility index (Phi) is 4.99. The van der Waals surface area contributed by atoms with E-state index in [0.717, 1.165) is 56.2 Å². The summed E-state index contributed by atoms with van der Waals surface area (Å²) in [6.07, 6.45) is 5.60. The van der Waals surface area contributed by atoms with E-state index in [4.69, 9.17) is 0 Å². The van der Waals surface area contributed by atoms with Gasteiger partial charge in [-0.3, -0.25) is 4.79 Å². The highest BCUT2D eigenvalue weighted by Crippen LogP contribution is 2.28. The largest absolute Gasteiger partial charge is 0.348 e. The molecule has 1 aromatic carbocycles. The Morgan fingerprint density at radius 1 is 1.11 bits per heavy atom. The first kappa shape index (κ1) is 18.5. The number of aryl methyl sites for hydroxylation is 1. The molecule has 27 heavy (non-hydrogen) atoms. The van der Waals surface area contributed by atoms with Gasteiger partial charge in [0.05, 0.1) is 10.8 Å². The van der Waals surface area contributed by atoms with Crippen molar-refractivity contribution >= 4 is 26.8 Å². The lowest BCUT2D eigenvalue weighted by Gasteiger charge is -2.33. The first-order chi connectivity index (χ1) is 13.0. The number of hydrogen-bond donors (Lipinski definition) is 0. The maximum absolute atomic E-state index is 13.2. The van der Waals surface area contributed by atoms with E-state index in [1.165, 1.54) is 4.31 Å². The van der Waals surface area contributed by atoms with Crippen LogP contribution in [-0.4, -0.2) is 54.3 Å². The molecule has 0 radical (unpaired) electrons. The number of benzene rings is 1. The number of piperidine rings is 1. The summed E-state index contributed by atoms with van der Waals surface area (Å²) in [6.45, 7) is 5.32. The summed E-state index contributed by atoms with van der Waals surface area (Å²) in [7, 11) is -3.59. The van der Waals surface area contributed by atoms with Crippen LogP contribution in [0.3, 0.4) is 0 Å². The molecule has 2 fully saturated rings. The van der Waals surface area contributed by atoms with Crippen LogP contribution in [0.1, 0.15) is 32.6 Å². The first-order valence-corrected chi connectivity index (χ1v) is 11.3. The summed E-state index contributed by atoms with van der Waals surface area (Å²) in [6, 6.07) is 7.27. The number of carbonyl (C=O) groups excluding carboxylic acids is 1. The van der Waals surface area contributed by atoms with Crippen LogP contribution < -0.4 is 0 Å². The van der Waals surface area contributed by atoms with Crippen LogP contribution in [-0.2, 0) is 21.4 Å². The van der Waals surface area contributed by atoms with Gasteiger partial charge in [0.1, 0.15) is 0 Å². The van der Waals surface area contributed by atoms with Crippen LogP contribution in [0.15, 0.2) is 35.4 Å². The zero-order valence-corrected chi connectivity index (χ0v) is 16.6. The van der Waals surface area contributed by atoms with Crippen molar-refractivity contribution in [1.29, 1.82) is 0 Å². The lowest BCUT2D eigenvalue weighted by molar-refractivity contribution is -0.135. The van der Waals surface area contributed by atoms with Gasteiger partial charge in [0.15, 0.2) is 0 Å². The number of likely N-dealkylation sites (tertiary alicyclic amines) is 1. The van der Waals surface area contributed by atoms with E-state index in [9.17, 15) is 13.2 Å². The Morgan fingerprint density at radius 3 is 2.63 bits per heavy atom. The van der Waals surface area contributed by atoms with Crippen LogP contribution in [0.5, 0.6) is 0 Å². The van der Waals surface area contributed by atoms with E-state index in [1.54, 1.807) is 12.1 Å². The molecule has 0 spiro atoms. The number of fused-ring (bicyclic) bond motifs is 1. The van der Waals surface area contributed by atoms with Gasteiger partial charge in [0.2, 0.25) is 15.9 Å². The number of sulfonamides is 1. The summed E-state index contributed by atoms with van der Waals surface area (Å²) in [5.74, 6) is -0.0839. The molecular formula is C20H27N3O3S. The highest BCUT2D eigenvalue weighted by molar-refractivity contribution is 7.89. The van der Waals surface area contributed by atoms with Crippen molar-refractivity contribution in [2.45, 2.75) is 44.0 Å². The maximum Gasteiger partial charge on any atom is 0.243 e. The lowest BCUT2D eigenvalue weighted by atomic mass is 9.98. The van der Waals surface area contributed by atoms with E-state index < -0.39 is 10.0 Å². The van der Waals surface area contributed by atoms with Gasteiger partial charge in [0.25, 0.3) is 0 Å². The monoisotopic (exact) mass is 389 g/mol. The number of carbonyl (C=O) groups is 1. The number of nitrogens with zero attached hydrogens (tertiary/aromatic N) is 3. The van der Waals surface area contributed by atoms with Gasteiger partial charge >= 0.3 is 0 Å². The van der Waals surface area contributed by atoms with Crippen LogP contribution >= 0.6 is 0 Å². The Hall–Kier alpha value is -1.86. The average Bonchev–Trinajstić information content (AvgIpc) is 3.36. The Labute approximate surface area is 160 Å². The molecule has 1 unspecified atom stereocenters. The van der Waals surface area contributed by atoms with Crippen molar-refractivity contribution in [2.75, 3.05) is 26.2 Å². The maximum atomic E-state index is 13.2. The van der Waals surface area contributed by atoms with E-state index in [-0.39, 0.29) is 11.8 Å². The van der Waals surface area contributed by atoms with Crippen LogP contribution in [0.4, 0.5) is 0 Å². The fourth-order valence-corrected chi connectivity index (χ4v) is 5.88.